The maximum absolute atomic E-state index is 12.3. The summed E-state index contributed by atoms with van der Waals surface area (Å²) in [5.41, 5.74) is 4.68. The number of aromatic nitrogens is 1. The van der Waals surface area contributed by atoms with Gasteiger partial charge in [0.25, 0.3) is 5.91 Å². The molecule has 0 aliphatic heterocycles. The monoisotopic (exact) mass is 328 g/mol. The first-order chi connectivity index (χ1) is 11.3. The van der Waals surface area contributed by atoms with Gasteiger partial charge in [0, 0.05) is 17.1 Å². The molecular weight excluding hydrogens is 304 g/mol. The summed E-state index contributed by atoms with van der Waals surface area (Å²) in [7, 11) is 0. The minimum Gasteiger partial charge on any atom is -0.451 e. The van der Waals surface area contributed by atoms with Crippen molar-refractivity contribution in [2.75, 3.05) is 5.32 Å². The number of ether oxygens (including phenoxy) is 1. The summed E-state index contributed by atoms with van der Waals surface area (Å²) in [6.07, 6.45) is -0.854. The minimum absolute atomic E-state index is 0.103. The van der Waals surface area contributed by atoms with E-state index in [9.17, 15) is 9.59 Å². The van der Waals surface area contributed by atoms with Crippen LogP contribution in [0.3, 0.4) is 0 Å². The van der Waals surface area contributed by atoms with Gasteiger partial charge < -0.3 is 14.6 Å². The highest BCUT2D eigenvalue weighted by Crippen LogP contribution is 2.19. The fraction of sp³-hybridized carbons (Fsp3) is 0.368. The molecule has 1 aromatic heterocycles. The number of rotatable bonds is 5. The Labute approximate surface area is 142 Å². The molecule has 2 aromatic rings. The molecule has 0 saturated heterocycles. The highest BCUT2D eigenvalue weighted by molar-refractivity contribution is 5.96. The van der Waals surface area contributed by atoms with Crippen molar-refractivity contribution in [3.63, 3.8) is 0 Å². The predicted molar refractivity (Wildman–Crippen MR) is 94.0 cm³/mol. The molecule has 1 aromatic carbocycles. The number of carbonyl (C=O) groups excluding carboxylic acids is 2. The molecule has 0 radical (unpaired) electrons. The highest BCUT2D eigenvalue weighted by atomic mass is 16.5. The van der Waals surface area contributed by atoms with Crippen molar-refractivity contribution in [1.29, 1.82) is 0 Å². The first kappa shape index (κ1) is 17.8. The molecule has 0 fully saturated rings. The van der Waals surface area contributed by atoms with Crippen LogP contribution in [0.4, 0.5) is 5.69 Å². The fourth-order valence-electron chi connectivity index (χ4n) is 2.60. The molecule has 1 N–H and O–H groups in total. The number of para-hydroxylation sites is 1. The Morgan fingerprint density at radius 3 is 2.12 bits per heavy atom. The lowest BCUT2D eigenvalue weighted by molar-refractivity contribution is -0.153. The molecule has 0 spiro atoms. The van der Waals surface area contributed by atoms with E-state index in [0.717, 1.165) is 28.2 Å². The number of carbonyl (C=O) groups is 2. The number of nitrogens with one attached hydrogen (secondary N) is 1. The molecule has 2 rings (SSSR count). The predicted octanol–water partition coefficient (Wildman–Crippen LogP) is 3.29. The van der Waals surface area contributed by atoms with Crippen LogP contribution in [0.5, 0.6) is 0 Å². The molecule has 1 heterocycles. The smallest absolute Gasteiger partial charge is 0.326 e. The van der Waals surface area contributed by atoms with Gasteiger partial charge in [-0.3, -0.25) is 9.59 Å². The van der Waals surface area contributed by atoms with E-state index < -0.39 is 12.1 Å². The number of benzene rings is 1. The van der Waals surface area contributed by atoms with E-state index in [1.807, 2.05) is 62.6 Å². The van der Waals surface area contributed by atoms with Gasteiger partial charge in [-0.25, -0.2) is 0 Å². The lowest BCUT2D eigenvalue weighted by Gasteiger charge is -2.17. The van der Waals surface area contributed by atoms with E-state index in [-0.39, 0.29) is 12.5 Å². The lowest BCUT2D eigenvalue weighted by Crippen LogP contribution is -2.31. The van der Waals surface area contributed by atoms with Crippen molar-refractivity contribution < 1.29 is 14.3 Å². The van der Waals surface area contributed by atoms with E-state index in [0.29, 0.717) is 0 Å². The summed E-state index contributed by atoms with van der Waals surface area (Å²) < 4.78 is 7.14. The van der Waals surface area contributed by atoms with Crippen LogP contribution >= 0.6 is 0 Å². The molecule has 24 heavy (non-hydrogen) atoms. The van der Waals surface area contributed by atoms with Crippen molar-refractivity contribution in [3.8, 4) is 0 Å². The summed E-state index contributed by atoms with van der Waals surface area (Å²) in [6.45, 7) is 9.39. The molecule has 1 amide bonds. The zero-order valence-corrected chi connectivity index (χ0v) is 14.8. The Kier molecular flexibility index (Phi) is 5.44. The Morgan fingerprint density at radius 2 is 1.58 bits per heavy atom. The minimum atomic E-state index is -0.854. The zero-order chi connectivity index (χ0) is 17.9. The molecule has 1 atom stereocenters. The number of esters is 1. The van der Waals surface area contributed by atoms with Gasteiger partial charge in [-0.05, 0) is 57.9 Å². The molecule has 0 aliphatic carbocycles. The van der Waals surface area contributed by atoms with Crippen LogP contribution in [0.25, 0.3) is 0 Å². The summed E-state index contributed by atoms with van der Waals surface area (Å²) in [5, 5.41) is 2.84. The van der Waals surface area contributed by atoms with Gasteiger partial charge in [0.2, 0.25) is 0 Å². The SMILES string of the molecule is Cc1cccc(C)c1NC(=O)[C@@H](C)OC(=O)Cn1c(C)ccc1C. The molecule has 0 bridgehead atoms. The van der Waals surface area contributed by atoms with Crippen molar-refractivity contribution >= 4 is 17.6 Å². The molecule has 0 aliphatic rings. The van der Waals surface area contributed by atoms with Crippen molar-refractivity contribution in [3.05, 3.63) is 52.8 Å². The summed E-state index contributed by atoms with van der Waals surface area (Å²) in [4.78, 5) is 24.4. The van der Waals surface area contributed by atoms with Crippen LogP contribution in [0.2, 0.25) is 0 Å². The third-order valence-corrected chi connectivity index (χ3v) is 4.11. The lowest BCUT2D eigenvalue weighted by atomic mass is 10.1. The van der Waals surface area contributed by atoms with Gasteiger partial charge in [-0.15, -0.1) is 0 Å². The molecule has 5 nitrogen and oxygen atoms in total. The molecule has 5 heteroatoms. The summed E-state index contributed by atoms with van der Waals surface area (Å²) in [5.74, 6) is -0.761. The Hall–Kier alpha value is -2.56. The second-order valence-electron chi connectivity index (χ2n) is 6.09. The van der Waals surface area contributed by atoms with Crippen LogP contribution < -0.4 is 5.32 Å². The van der Waals surface area contributed by atoms with Crippen LogP contribution in [-0.4, -0.2) is 22.5 Å². The fourth-order valence-corrected chi connectivity index (χ4v) is 2.60. The first-order valence-corrected chi connectivity index (χ1v) is 7.99. The van der Waals surface area contributed by atoms with Crippen LogP contribution in [0, 0.1) is 27.7 Å². The van der Waals surface area contributed by atoms with Gasteiger partial charge in [0.1, 0.15) is 6.54 Å². The van der Waals surface area contributed by atoms with Crippen LogP contribution in [0.15, 0.2) is 30.3 Å². The molecule has 0 saturated carbocycles. The quantitative estimate of drug-likeness (QED) is 0.857. The van der Waals surface area contributed by atoms with Gasteiger partial charge in [0.15, 0.2) is 6.10 Å². The molecular formula is C19H24N2O3. The standard InChI is InChI=1S/C19H24N2O3/c1-12-7-6-8-13(2)18(12)20-19(23)16(5)24-17(22)11-21-14(3)9-10-15(21)4/h6-10,16H,11H2,1-5H3,(H,20,23)/t16-/m1/s1. The van der Waals surface area contributed by atoms with Gasteiger partial charge in [-0.2, -0.15) is 0 Å². The number of aryl methyl sites for hydroxylation is 4. The maximum Gasteiger partial charge on any atom is 0.326 e. The van der Waals surface area contributed by atoms with Crippen LogP contribution in [-0.2, 0) is 20.9 Å². The second-order valence-corrected chi connectivity index (χ2v) is 6.09. The number of nitrogens with zero attached hydrogens (tertiary/aromatic N) is 1. The molecule has 128 valence electrons. The topological polar surface area (TPSA) is 60.3 Å². The average molecular weight is 328 g/mol. The van der Waals surface area contributed by atoms with E-state index in [1.54, 1.807) is 6.92 Å². The number of hydrogen-bond acceptors (Lipinski definition) is 3. The zero-order valence-electron chi connectivity index (χ0n) is 14.8. The Bertz CT molecular complexity index is 722. The van der Waals surface area contributed by atoms with Crippen LogP contribution in [0.1, 0.15) is 29.4 Å². The highest BCUT2D eigenvalue weighted by Gasteiger charge is 2.20. The number of anilines is 1. The normalized spacial score (nSPS) is 11.9. The molecule has 0 unspecified atom stereocenters. The average Bonchev–Trinajstić information content (AvgIpc) is 2.82. The van der Waals surface area contributed by atoms with E-state index >= 15 is 0 Å². The summed E-state index contributed by atoms with van der Waals surface area (Å²) in [6, 6.07) is 9.68. The first-order valence-electron chi connectivity index (χ1n) is 7.99. The number of amides is 1. The van der Waals surface area contributed by atoms with Gasteiger partial charge >= 0.3 is 5.97 Å². The third-order valence-electron chi connectivity index (χ3n) is 4.11. The van der Waals surface area contributed by atoms with Crippen molar-refractivity contribution in [2.24, 2.45) is 0 Å². The second kappa shape index (κ2) is 7.34. The van der Waals surface area contributed by atoms with E-state index in [1.165, 1.54) is 0 Å². The van der Waals surface area contributed by atoms with E-state index in [4.69, 9.17) is 4.74 Å². The largest absolute Gasteiger partial charge is 0.451 e. The van der Waals surface area contributed by atoms with E-state index in [2.05, 4.69) is 5.32 Å². The Balaban J connectivity index is 1.97. The van der Waals surface area contributed by atoms with Crippen molar-refractivity contribution in [1.82, 2.24) is 4.57 Å². The maximum atomic E-state index is 12.3. The van der Waals surface area contributed by atoms with Gasteiger partial charge in [0.05, 0.1) is 0 Å². The number of hydrogen-bond donors (Lipinski definition) is 1. The Morgan fingerprint density at radius 1 is 1.04 bits per heavy atom. The summed E-state index contributed by atoms with van der Waals surface area (Å²) >= 11 is 0. The third kappa shape index (κ3) is 4.04. The van der Waals surface area contributed by atoms with Crippen molar-refractivity contribution in [2.45, 2.75) is 47.3 Å². The van der Waals surface area contributed by atoms with Gasteiger partial charge in [-0.1, -0.05) is 18.2 Å².